The Balaban J connectivity index is 2.81. The summed E-state index contributed by atoms with van der Waals surface area (Å²) in [5.41, 5.74) is 5.15. The van der Waals surface area contributed by atoms with Gasteiger partial charge in [0.2, 0.25) is 5.91 Å². The Morgan fingerprint density at radius 3 is 2.63 bits per heavy atom. The number of carbonyl (C=O) groups is 3. The predicted molar refractivity (Wildman–Crippen MR) is 65.7 cm³/mol. The number of carboxylic acids is 1. The fraction of sp³-hybridized carbons (Fsp3) is 0.250. The quantitative estimate of drug-likeness (QED) is 0.656. The predicted octanol–water partition coefficient (Wildman–Crippen LogP) is -0.246. The van der Waals surface area contributed by atoms with Gasteiger partial charge in [-0.2, -0.15) is 0 Å². The number of carboxylic acid groups (broad SMARTS) is 1. The van der Waals surface area contributed by atoms with Crippen LogP contribution in [0.4, 0.5) is 0 Å². The minimum absolute atomic E-state index is 0.232. The van der Waals surface area contributed by atoms with Crippen molar-refractivity contribution in [2.24, 2.45) is 5.73 Å². The van der Waals surface area contributed by atoms with Crippen molar-refractivity contribution in [3.05, 3.63) is 29.8 Å². The van der Waals surface area contributed by atoms with Crippen molar-refractivity contribution >= 4 is 17.8 Å². The fourth-order valence-corrected chi connectivity index (χ4v) is 1.41. The molecule has 0 aliphatic rings. The number of hydrogen-bond acceptors (Lipinski definition) is 4. The molecule has 7 heteroatoms. The van der Waals surface area contributed by atoms with E-state index in [1.54, 1.807) is 12.1 Å². The molecule has 1 unspecified atom stereocenters. The van der Waals surface area contributed by atoms with Crippen LogP contribution < -0.4 is 15.8 Å². The largest absolute Gasteiger partial charge is 0.497 e. The average molecular weight is 266 g/mol. The molecule has 1 aromatic rings. The van der Waals surface area contributed by atoms with Crippen LogP contribution in [0.3, 0.4) is 0 Å². The molecule has 2 amide bonds. The second-order valence-electron chi connectivity index (χ2n) is 3.77. The number of carbonyl (C=O) groups excluding carboxylic acids is 2. The van der Waals surface area contributed by atoms with E-state index in [2.05, 4.69) is 5.32 Å². The van der Waals surface area contributed by atoms with Gasteiger partial charge in [0.15, 0.2) is 0 Å². The normalized spacial score (nSPS) is 11.4. The molecule has 4 N–H and O–H groups in total. The Hall–Kier alpha value is -2.57. The molecule has 0 saturated heterocycles. The Morgan fingerprint density at radius 2 is 2.11 bits per heavy atom. The molecule has 0 aliphatic carbocycles. The first-order chi connectivity index (χ1) is 8.93. The maximum atomic E-state index is 11.8. The van der Waals surface area contributed by atoms with Crippen molar-refractivity contribution in [2.75, 3.05) is 7.11 Å². The van der Waals surface area contributed by atoms with Gasteiger partial charge in [-0.25, -0.2) is 4.79 Å². The summed E-state index contributed by atoms with van der Waals surface area (Å²) in [7, 11) is 1.45. The van der Waals surface area contributed by atoms with Crippen LogP contribution in [0, 0.1) is 0 Å². The standard InChI is InChI=1S/C12H14N2O5/c1-19-8-4-2-3-7(5-8)11(16)14-9(12(17)18)6-10(13)15/h2-5,9H,6H2,1H3,(H2,13,15)(H,14,16)(H,17,18). The summed E-state index contributed by atoms with van der Waals surface area (Å²) in [5, 5.41) is 11.1. The summed E-state index contributed by atoms with van der Waals surface area (Å²) in [6.07, 6.45) is -0.467. The van der Waals surface area contributed by atoms with Crippen molar-refractivity contribution in [2.45, 2.75) is 12.5 Å². The molecule has 7 nitrogen and oxygen atoms in total. The van der Waals surface area contributed by atoms with E-state index >= 15 is 0 Å². The Labute approximate surface area is 109 Å². The lowest BCUT2D eigenvalue weighted by molar-refractivity contribution is -0.140. The van der Waals surface area contributed by atoms with Gasteiger partial charge in [0.25, 0.3) is 5.91 Å². The van der Waals surface area contributed by atoms with Crippen LogP contribution in [0.5, 0.6) is 5.75 Å². The highest BCUT2D eigenvalue weighted by atomic mass is 16.5. The number of nitrogens with two attached hydrogens (primary N) is 1. The van der Waals surface area contributed by atoms with Crippen molar-refractivity contribution in [1.82, 2.24) is 5.32 Å². The van der Waals surface area contributed by atoms with Gasteiger partial charge in [-0.05, 0) is 18.2 Å². The summed E-state index contributed by atoms with van der Waals surface area (Å²) in [6.45, 7) is 0. The van der Waals surface area contributed by atoms with Gasteiger partial charge >= 0.3 is 5.97 Å². The third-order valence-corrected chi connectivity index (χ3v) is 2.34. The van der Waals surface area contributed by atoms with Crippen LogP contribution in [0.1, 0.15) is 16.8 Å². The van der Waals surface area contributed by atoms with Gasteiger partial charge in [0.05, 0.1) is 13.5 Å². The minimum Gasteiger partial charge on any atom is -0.497 e. The Bertz CT molecular complexity index is 501. The topological polar surface area (TPSA) is 119 Å². The third-order valence-electron chi connectivity index (χ3n) is 2.34. The summed E-state index contributed by atoms with van der Waals surface area (Å²) in [5.74, 6) is -2.28. The number of ether oxygens (including phenoxy) is 1. The summed E-state index contributed by atoms with van der Waals surface area (Å²) >= 11 is 0. The number of benzene rings is 1. The zero-order valence-electron chi connectivity index (χ0n) is 10.3. The van der Waals surface area contributed by atoms with E-state index in [0.29, 0.717) is 5.75 Å². The molecule has 0 spiro atoms. The molecule has 19 heavy (non-hydrogen) atoms. The van der Waals surface area contributed by atoms with Crippen LogP contribution in [0.2, 0.25) is 0 Å². The molecule has 0 aliphatic heterocycles. The Morgan fingerprint density at radius 1 is 1.42 bits per heavy atom. The van der Waals surface area contributed by atoms with Crippen LogP contribution >= 0.6 is 0 Å². The molecule has 0 fully saturated rings. The highest BCUT2D eigenvalue weighted by Gasteiger charge is 2.22. The summed E-state index contributed by atoms with van der Waals surface area (Å²) in [6, 6.07) is 4.85. The molecular formula is C12H14N2O5. The fourth-order valence-electron chi connectivity index (χ4n) is 1.41. The first-order valence-corrected chi connectivity index (χ1v) is 5.40. The molecule has 0 saturated carbocycles. The molecule has 0 heterocycles. The van der Waals surface area contributed by atoms with Crippen molar-refractivity contribution < 1.29 is 24.2 Å². The second kappa shape index (κ2) is 6.39. The zero-order chi connectivity index (χ0) is 14.4. The molecular weight excluding hydrogens is 252 g/mol. The molecule has 102 valence electrons. The first-order valence-electron chi connectivity index (χ1n) is 5.40. The molecule has 0 radical (unpaired) electrons. The average Bonchev–Trinajstić information content (AvgIpc) is 2.37. The zero-order valence-corrected chi connectivity index (χ0v) is 10.3. The Kier molecular flexibility index (Phi) is 4.87. The van der Waals surface area contributed by atoms with E-state index < -0.39 is 30.2 Å². The number of primary amides is 1. The molecule has 0 aromatic heterocycles. The summed E-state index contributed by atoms with van der Waals surface area (Å²) in [4.78, 5) is 33.4. The summed E-state index contributed by atoms with van der Waals surface area (Å²) < 4.78 is 4.95. The van der Waals surface area contributed by atoms with Crippen molar-refractivity contribution in [3.8, 4) is 5.75 Å². The van der Waals surface area contributed by atoms with Gasteiger partial charge in [0.1, 0.15) is 11.8 Å². The van der Waals surface area contributed by atoms with Gasteiger partial charge in [-0.1, -0.05) is 6.07 Å². The molecule has 0 bridgehead atoms. The lowest BCUT2D eigenvalue weighted by atomic mass is 10.1. The van der Waals surface area contributed by atoms with Crippen LogP contribution in [-0.4, -0.2) is 36.0 Å². The highest BCUT2D eigenvalue weighted by molar-refractivity contribution is 5.97. The number of amides is 2. The monoisotopic (exact) mass is 266 g/mol. The van der Waals surface area contributed by atoms with E-state index in [1.165, 1.54) is 19.2 Å². The van der Waals surface area contributed by atoms with Gasteiger partial charge in [0, 0.05) is 5.56 Å². The van der Waals surface area contributed by atoms with Crippen LogP contribution in [-0.2, 0) is 9.59 Å². The van der Waals surface area contributed by atoms with E-state index in [-0.39, 0.29) is 5.56 Å². The van der Waals surface area contributed by atoms with E-state index in [1.807, 2.05) is 0 Å². The van der Waals surface area contributed by atoms with Gasteiger partial charge in [-0.15, -0.1) is 0 Å². The van der Waals surface area contributed by atoms with Gasteiger partial charge in [-0.3, -0.25) is 9.59 Å². The number of aliphatic carboxylic acids is 1. The minimum atomic E-state index is -1.35. The number of rotatable bonds is 6. The second-order valence-corrected chi connectivity index (χ2v) is 3.77. The highest BCUT2D eigenvalue weighted by Crippen LogP contribution is 2.12. The van der Waals surface area contributed by atoms with E-state index in [9.17, 15) is 14.4 Å². The SMILES string of the molecule is COc1cccc(C(=O)NC(CC(N)=O)C(=O)O)c1. The third kappa shape index (κ3) is 4.30. The molecule has 1 rings (SSSR count). The molecule has 1 aromatic carbocycles. The van der Waals surface area contributed by atoms with Gasteiger partial charge < -0.3 is 20.9 Å². The van der Waals surface area contributed by atoms with E-state index in [4.69, 9.17) is 15.6 Å². The molecule has 1 atom stereocenters. The smallest absolute Gasteiger partial charge is 0.326 e. The van der Waals surface area contributed by atoms with Crippen molar-refractivity contribution in [1.29, 1.82) is 0 Å². The first kappa shape index (κ1) is 14.5. The van der Waals surface area contributed by atoms with Crippen molar-refractivity contribution in [3.63, 3.8) is 0 Å². The number of nitrogens with one attached hydrogen (secondary N) is 1. The number of hydrogen-bond donors (Lipinski definition) is 3. The lowest BCUT2D eigenvalue weighted by Gasteiger charge is -2.13. The van der Waals surface area contributed by atoms with E-state index in [0.717, 1.165) is 0 Å². The van der Waals surface area contributed by atoms with Crippen LogP contribution in [0.25, 0.3) is 0 Å². The maximum Gasteiger partial charge on any atom is 0.326 e. The maximum absolute atomic E-state index is 11.8. The lowest BCUT2D eigenvalue weighted by Crippen LogP contribution is -2.43. The van der Waals surface area contributed by atoms with Crippen LogP contribution in [0.15, 0.2) is 24.3 Å². The number of methoxy groups -OCH3 is 1.